The molecule has 0 aromatic carbocycles. The van der Waals surface area contributed by atoms with Crippen LogP contribution in [0.1, 0.15) is 38.2 Å². The molecule has 17 heavy (non-hydrogen) atoms. The summed E-state index contributed by atoms with van der Waals surface area (Å²) in [6, 6.07) is 1.58. The van der Waals surface area contributed by atoms with Crippen LogP contribution in [-0.2, 0) is 14.9 Å². The number of aromatic nitrogens is 2. The Bertz CT molecular complexity index is 443. The van der Waals surface area contributed by atoms with Crippen LogP contribution in [0.3, 0.4) is 0 Å². The maximum absolute atomic E-state index is 11.6. The summed E-state index contributed by atoms with van der Waals surface area (Å²) < 4.78 is 5.48. The van der Waals surface area contributed by atoms with Crippen LogP contribution < -0.4 is 5.73 Å². The van der Waals surface area contributed by atoms with Gasteiger partial charge in [-0.15, -0.1) is 0 Å². The van der Waals surface area contributed by atoms with E-state index < -0.39 is 11.9 Å². The molecule has 0 atom stereocenters. The molecule has 1 aromatic heterocycles. The van der Waals surface area contributed by atoms with Crippen LogP contribution in [0.5, 0.6) is 0 Å². The summed E-state index contributed by atoms with van der Waals surface area (Å²) in [7, 11) is 0. The average Bonchev–Trinajstić information content (AvgIpc) is 2.59. The Labute approximate surface area is 99.7 Å². The fraction of sp³-hybridized carbons (Fsp3) is 0.545. The molecule has 1 aromatic rings. The lowest BCUT2D eigenvalue weighted by Gasteiger charge is -2.13. The van der Waals surface area contributed by atoms with E-state index in [-0.39, 0.29) is 17.8 Å². The molecule has 0 unspecified atom stereocenters. The van der Waals surface area contributed by atoms with Gasteiger partial charge in [-0.05, 0) is 6.92 Å². The molecule has 0 saturated carbocycles. The largest absolute Gasteiger partial charge is 0.459 e. The Morgan fingerprint density at radius 1 is 1.47 bits per heavy atom. The Kier molecular flexibility index (Phi) is 3.55. The molecule has 1 heterocycles. The van der Waals surface area contributed by atoms with Crippen LogP contribution in [0.25, 0.3) is 0 Å². The summed E-state index contributed by atoms with van der Waals surface area (Å²) >= 11 is 0. The Morgan fingerprint density at radius 3 is 2.47 bits per heavy atom. The van der Waals surface area contributed by atoms with Crippen molar-refractivity contribution in [3.05, 3.63) is 11.8 Å². The van der Waals surface area contributed by atoms with E-state index in [1.807, 2.05) is 20.8 Å². The minimum absolute atomic E-state index is 0.132. The van der Waals surface area contributed by atoms with E-state index in [0.717, 1.165) is 4.68 Å². The Hall–Kier alpha value is -1.85. The molecular formula is C11H17N3O3. The van der Waals surface area contributed by atoms with Crippen molar-refractivity contribution in [3.8, 4) is 0 Å². The number of nitrogen functional groups attached to an aromatic ring is 1. The zero-order valence-corrected chi connectivity index (χ0v) is 10.5. The molecule has 6 nitrogen and oxygen atoms in total. The Balaban J connectivity index is 3.04. The van der Waals surface area contributed by atoms with Crippen molar-refractivity contribution in [2.24, 2.45) is 0 Å². The van der Waals surface area contributed by atoms with Crippen LogP contribution in [0.4, 0.5) is 5.82 Å². The van der Waals surface area contributed by atoms with Gasteiger partial charge in [0.25, 0.3) is 0 Å². The standard InChI is InChI=1S/C11H17N3O3/c1-5-17-10(16)9(15)14-8(12)6-7(13-14)11(2,3)4/h6H,5,12H2,1-4H3. The maximum atomic E-state index is 11.6. The number of hydrogen-bond acceptors (Lipinski definition) is 5. The van der Waals surface area contributed by atoms with Crippen molar-refractivity contribution in [1.82, 2.24) is 9.78 Å². The number of rotatable bonds is 1. The highest BCUT2D eigenvalue weighted by Gasteiger charge is 2.25. The number of esters is 1. The van der Waals surface area contributed by atoms with Crippen LogP contribution in [-0.4, -0.2) is 28.3 Å². The zero-order chi connectivity index (χ0) is 13.2. The van der Waals surface area contributed by atoms with Crippen LogP contribution in [0, 0.1) is 0 Å². The highest BCUT2D eigenvalue weighted by atomic mass is 16.5. The first kappa shape index (κ1) is 13.2. The molecule has 6 heteroatoms. The molecule has 0 aliphatic rings. The van der Waals surface area contributed by atoms with E-state index in [1.165, 1.54) is 0 Å². The van der Waals surface area contributed by atoms with Gasteiger partial charge in [-0.1, -0.05) is 20.8 Å². The zero-order valence-electron chi connectivity index (χ0n) is 10.5. The molecule has 94 valence electrons. The Morgan fingerprint density at radius 2 is 2.06 bits per heavy atom. The number of carbonyl (C=O) groups is 2. The first-order valence-corrected chi connectivity index (χ1v) is 5.35. The normalized spacial score (nSPS) is 11.3. The minimum atomic E-state index is -0.956. The predicted octanol–water partition coefficient (Wildman–Crippen LogP) is 0.966. The summed E-state index contributed by atoms with van der Waals surface area (Å²) in [4.78, 5) is 22.9. The number of ether oxygens (including phenoxy) is 1. The van der Waals surface area contributed by atoms with E-state index >= 15 is 0 Å². The fourth-order valence-electron chi connectivity index (χ4n) is 1.20. The van der Waals surface area contributed by atoms with Crippen LogP contribution in [0.2, 0.25) is 0 Å². The van der Waals surface area contributed by atoms with Crippen molar-refractivity contribution >= 4 is 17.7 Å². The van der Waals surface area contributed by atoms with Gasteiger partial charge < -0.3 is 10.5 Å². The molecule has 1 rings (SSSR count). The predicted molar refractivity (Wildman–Crippen MR) is 62.6 cm³/mol. The molecule has 0 amide bonds. The number of carbonyl (C=O) groups excluding carboxylic acids is 2. The van der Waals surface area contributed by atoms with Gasteiger partial charge in [0.05, 0.1) is 12.3 Å². The molecule has 0 aliphatic heterocycles. The highest BCUT2D eigenvalue weighted by molar-refractivity contribution is 6.33. The van der Waals surface area contributed by atoms with Gasteiger partial charge in [0.15, 0.2) is 0 Å². The molecule has 0 radical (unpaired) electrons. The quantitative estimate of drug-likeness (QED) is 0.582. The van der Waals surface area contributed by atoms with E-state index in [0.29, 0.717) is 5.69 Å². The van der Waals surface area contributed by atoms with E-state index in [2.05, 4.69) is 9.84 Å². The van der Waals surface area contributed by atoms with Gasteiger partial charge in [-0.3, -0.25) is 4.79 Å². The number of hydrogen-bond donors (Lipinski definition) is 1. The second-order valence-corrected chi connectivity index (χ2v) is 4.64. The third kappa shape index (κ3) is 2.83. The first-order valence-electron chi connectivity index (χ1n) is 5.35. The number of nitrogens with zero attached hydrogens (tertiary/aromatic N) is 2. The second-order valence-electron chi connectivity index (χ2n) is 4.64. The summed E-state index contributed by atoms with van der Waals surface area (Å²) in [6.45, 7) is 7.58. The molecule has 2 N–H and O–H groups in total. The molecule has 0 bridgehead atoms. The topological polar surface area (TPSA) is 87.2 Å². The van der Waals surface area contributed by atoms with Gasteiger partial charge >= 0.3 is 11.9 Å². The summed E-state index contributed by atoms with van der Waals surface area (Å²) in [5, 5.41) is 4.03. The summed E-state index contributed by atoms with van der Waals surface area (Å²) in [5.41, 5.74) is 6.05. The smallest absolute Gasteiger partial charge is 0.399 e. The second kappa shape index (κ2) is 4.57. The number of nitrogens with two attached hydrogens (primary N) is 1. The minimum Gasteiger partial charge on any atom is -0.459 e. The van der Waals surface area contributed by atoms with Crippen molar-refractivity contribution < 1.29 is 14.3 Å². The third-order valence-electron chi connectivity index (χ3n) is 2.15. The van der Waals surface area contributed by atoms with Crippen molar-refractivity contribution in [1.29, 1.82) is 0 Å². The average molecular weight is 239 g/mol. The monoisotopic (exact) mass is 239 g/mol. The number of anilines is 1. The fourth-order valence-corrected chi connectivity index (χ4v) is 1.20. The first-order chi connectivity index (χ1) is 7.77. The molecule has 0 aliphatic carbocycles. The van der Waals surface area contributed by atoms with Gasteiger partial charge in [0.1, 0.15) is 5.82 Å². The third-order valence-corrected chi connectivity index (χ3v) is 2.15. The lowest BCUT2D eigenvalue weighted by Crippen LogP contribution is -2.26. The summed E-state index contributed by atoms with van der Waals surface area (Å²) in [5.74, 6) is -1.70. The van der Waals surface area contributed by atoms with E-state index in [4.69, 9.17) is 5.73 Å². The van der Waals surface area contributed by atoms with Crippen LogP contribution in [0.15, 0.2) is 6.07 Å². The van der Waals surface area contributed by atoms with Crippen molar-refractivity contribution in [3.63, 3.8) is 0 Å². The van der Waals surface area contributed by atoms with Crippen molar-refractivity contribution in [2.75, 3.05) is 12.3 Å². The SMILES string of the molecule is CCOC(=O)C(=O)n1nc(C(C)(C)C)cc1N. The lowest BCUT2D eigenvalue weighted by molar-refractivity contribution is -0.138. The highest BCUT2D eigenvalue weighted by Crippen LogP contribution is 2.22. The molecule has 0 spiro atoms. The lowest BCUT2D eigenvalue weighted by atomic mass is 9.92. The summed E-state index contributed by atoms with van der Waals surface area (Å²) in [6.07, 6.45) is 0. The van der Waals surface area contributed by atoms with Gasteiger partial charge in [-0.25, -0.2) is 4.79 Å². The van der Waals surface area contributed by atoms with E-state index in [9.17, 15) is 9.59 Å². The van der Waals surface area contributed by atoms with Gasteiger partial charge in [-0.2, -0.15) is 9.78 Å². The van der Waals surface area contributed by atoms with Crippen molar-refractivity contribution in [2.45, 2.75) is 33.1 Å². The maximum Gasteiger partial charge on any atom is 0.399 e. The molecule has 0 saturated heterocycles. The van der Waals surface area contributed by atoms with Gasteiger partial charge in [0, 0.05) is 11.5 Å². The van der Waals surface area contributed by atoms with E-state index in [1.54, 1.807) is 13.0 Å². The van der Waals surface area contributed by atoms with Gasteiger partial charge in [0.2, 0.25) is 0 Å². The molecular weight excluding hydrogens is 222 g/mol. The molecule has 0 fully saturated rings. The van der Waals surface area contributed by atoms with Crippen LogP contribution >= 0.6 is 0 Å².